The second-order valence-electron chi connectivity index (χ2n) is 3.89. The molecule has 0 aromatic heterocycles. The molecule has 0 bridgehead atoms. The van der Waals surface area contributed by atoms with Crippen LogP contribution in [-0.2, 0) is 4.79 Å². The Morgan fingerprint density at radius 2 is 2.21 bits per heavy atom. The zero-order chi connectivity index (χ0) is 11.2. The van der Waals surface area contributed by atoms with Crippen molar-refractivity contribution in [3.8, 4) is 12.3 Å². The van der Waals surface area contributed by atoms with Crippen molar-refractivity contribution in [2.45, 2.75) is 18.9 Å². The summed E-state index contributed by atoms with van der Waals surface area (Å²) in [5, 5.41) is 12.4. The van der Waals surface area contributed by atoms with Crippen LogP contribution in [0.25, 0.3) is 0 Å². The van der Waals surface area contributed by atoms with E-state index >= 15 is 0 Å². The molecule has 80 valence electrons. The first-order valence-corrected chi connectivity index (χ1v) is 4.44. The molecule has 0 aromatic rings. The molecule has 2 N–H and O–H groups in total. The van der Waals surface area contributed by atoms with Crippen molar-refractivity contribution in [1.82, 2.24) is 10.2 Å². The second kappa shape index (κ2) is 5.63. The van der Waals surface area contributed by atoms with Gasteiger partial charge in [-0.05, 0) is 21.0 Å². The van der Waals surface area contributed by atoms with Crippen LogP contribution in [-0.4, -0.2) is 48.7 Å². The largest absolute Gasteiger partial charge is 0.387 e. The highest BCUT2D eigenvalue weighted by Crippen LogP contribution is 2.02. The molecule has 1 unspecified atom stereocenters. The van der Waals surface area contributed by atoms with E-state index in [1.54, 1.807) is 6.92 Å². The molecule has 0 aliphatic rings. The summed E-state index contributed by atoms with van der Waals surface area (Å²) < 4.78 is 0. The van der Waals surface area contributed by atoms with Crippen molar-refractivity contribution in [1.29, 1.82) is 0 Å². The van der Waals surface area contributed by atoms with Crippen LogP contribution in [0.1, 0.15) is 13.3 Å². The van der Waals surface area contributed by atoms with Crippen molar-refractivity contribution in [3.05, 3.63) is 0 Å². The first-order valence-electron chi connectivity index (χ1n) is 4.44. The van der Waals surface area contributed by atoms with Gasteiger partial charge in [-0.1, -0.05) is 5.92 Å². The minimum atomic E-state index is -0.923. The number of likely N-dealkylation sites (N-methyl/N-ethyl adjacent to an activating group) is 1. The smallest absolute Gasteiger partial charge is 0.232 e. The van der Waals surface area contributed by atoms with Crippen molar-refractivity contribution >= 4 is 5.91 Å². The number of carbonyl (C=O) groups excluding carboxylic acids is 1. The molecule has 1 atom stereocenters. The van der Waals surface area contributed by atoms with Gasteiger partial charge in [-0.25, -0.2) is 0 Å². The van der Waals surface area contributed by atoms with Gasteiger partial charge in [-0.2, -0.15) is 0 Å². The third-order valence-electron chi connectivity index (χ3n) is 1.59. The van der Waals surface area contributed by atoms with Gasteiger partial charge >= 0.3 is 0 Å². The molecule has 4 heteroatoms. The van der Waals surface area contributed by atoms with Crippen LogP contribution in [0.3, 0.4) is 0 Å². The molecular formula is C10H18N2O2. The minimum absolute atomic E-state index is 0.0536. The highest BCUT2D eigenvalue weighted by molar-refractivity contribution is 5.78. The summed E-state index contributed by atoms with van der Waals surface area (Å²) in [5.74, 6) is 2.01. The van der Waals surface area contributed by atoms with Crippen molar-refractivity contribution in [2.75, 3.05) is 27.2 Å². The number of nitrogens with one attached hydrogen (secondary N) is 1. The van der Waals surface area contributed by atoms with E-state index in [1.807, 2.05) is 19.0 Å². The Kier molecular flexibility index (Phi) is 5.21. The summed E-state index contributed by atoms with van der Waals surface area (Å²) in [6.45, 7) is 2.37. The molecule has 0 rings (SSSR count). The maximum absolute atomic E-state index is 11.0. The van der Waals surface area contributed by atoms with Crippen molar-refractivity contribution in [2.24, 2.45) is 0 Å². The first-order chi connectivity index (χ1) is 6.37. The fourth-order valence-electron chi connectivity index (χ4n) is 1.18. The molecule has 0 aromatic carbocycles. The predicted molar refractivity (Wildman–Crippen MR) is 55.6 cm³/mol. The Morgan fingerprint density at radius 1 is 1.64 bits per heavy atom. The number of hydrogen-bond acceptors (Lipinski definition) is 3. The number of hydrogen-bond donors (Lipinski definition) is 2. The van der Waals surface area contributed by atoms with Gasteiger partial charge in [0.2, 0.25) is 5.91 Å². The van der Waals surface area contributed by atoms with Gasteiger partial charge in [0.1, 0.15) is 0 Å². The maximum atomic E-state index is 11.0. The van der Waals surface area contributed by atoms with Crippen LogP contribution in [0.5, 0.6) is 0 Å². The van der Waals surface area contributed by atoms with Gasteiger partial charge in [0.25, 0.3) is 0 Å². The van der Waals surface area contributed by atoms with Gasteiger partial charge in [0, 0.05) is 13.1 Å². The van der Waals surface area contributed by atoms with Gasteiger partial charge in [-0.3, -0.25) is 4.79 Å². The summed E-state index contributed by atoms with van der Waals surface area (Å²) in [5.41, 5.74) is -0.923. The number of amides is 1. The summed E-state index contributed by atoms with van der Waals surface area (Å²) in [7, 11) is 3.72. The van der Waals surface area contributed by atoms with E-state index in [9.17, 15) is 9.90 Å². The zero-order valence-electron chi connectivity index (χ0n) is 9.00. The quantitative estimate of drug-likeness (QED) is 0.582. The maximum Gasteiger partial charge on any atom is 0.232 e. The molecule has 4 nitrogen and oxygen atoms in total. The molecule has 0 spiro atoms. The molecule has 0 saturated carbocycles. The molecule has 0 aliphatic carbocycles. The highest BCUT2D eigenvalue weighted by Gasteiger charge is 2.21. The Morgan fingerprint density at radius 3 is 2.64 bits per heavy atom. The van der Waals surface area contributed by atoms with Crippen molar-refractivity contribution in [3.63, 3.8) is 0 Å². The van der Waals surface area contributed by atoms with E-state index in [1.165, 1.54) is 0 Å². The number of aliphatic hydroxyl groups is 1. The zero-order valence-corrected chi connectivity index (χ0v) is 9.00. The van der Waals surface area contributed by atoms with Gasteiger partial charge in [0.15, 0.2) is 0 Å². The third-order valence-corrected chi connectivity index (χ3v) is 1.59. The first kappa shape index (κ1) is 12.9. The number of terminal acetylenes is 1. The van der Waals surface area contributed by atoms with Crippen LogP contribution in [0.2, 0.25) is 0 Å². The second-order valence-corrected chi connectivity index (χ2v) is 3.89. The summed E-state index contributed by atoms with van der Waals surface area (Å²) in [6, 6.07) is 0. The van der Waals surface area contributed by atoms with Crippen LogP contribution in [0, 0.1) is 12.3 Å². The molecule has 1 amide bonds. The fraction of sp³-hybridized carbons (Fsp3) is 0.700. The van der Waals surface area contributed by atoms with Crippen LogP contribution < -0.4 is 5.32 Å². The van der Waals surface area contributed by atoms with E-state index in [0.717, 1.165) is 0 Å². The van der Waals surface area contributed by atoms with Crippen LogP contribution in [0.4, 0.5) is 0 Å². The van der Waals surface area contributed by atoms with Gasteiger partial charge in [0.05, 0.1) is 12.0 Å². The summed E-state index contributed by atoms with van der Waals surface area (Å²) in [4.78, 5) is 12.9. The predicted octanol–water partition coefficient (Wildman–Crippen LogP) is -0.561. The van der Waals surface area contributed by atoms with E-state index in [4.69, 9.17) is 6.42 Å². The Balaban J connectivity index is 3.87. The van der Waals surface area contributed by atoms with Crippen molar-refractivity contribution < 1.29 is 9.90 Å². The minimum Gasteiger partial charge on any atom is -0.387 e. The molecule has 0 saturated heterocycles. The molecule has 0 aliphatic heterocycles. The number of rotatable bonds is 5. The molecular weight excluding hydrogens is 180 g/mol. The lowest BCUT2D eigenvalue weighted by atomic mass is 10.1. The number of carbonyl (C=O) groups is 1. The van der Waals surface area contributed by atoms with E-state index in [-0.39, 0.29) is 18.9 Å². The molecule has 0 fully saturated rings. The van der Waals surface area contributed by atoms with Crippen LogP contribution >= 0.6 is 0 Å². The number of nitrogens with zero attached hydrogens (tertiary/aromatic N) is 1. The topological polar surface area (TPSA) is 52.6 Å². The Labute approximate surface area is 85.3 Å². The summed E-state index contributed by atoms with van der Waals surface area (Å²) in [6.07, 6.45) is 5.02. The molecule has 0 radical (unpaired) electrons. The van der Waals surface area contributed by atoms with Gasteiger partial charge < -0.3 is 15.3 Å². The van der Waals surface area contributed by atoms with Gasteiger partial charge in [-0.15, -0.1) is 6.42 Å². The standard InChI is InChI=1S/C10H18N2O2/c1-5-6-9(13)11-7-10(2,14)8-12(3)4/h1,14H,6-8H2,2-4H3,(H,11,13). The molecule has 14 heavy (non-hydrogen) atoms. The fourth-order valence-corrected chi connectivity index (χ4v) is 1.18. The Hall–Kier alpha value is -1.05. The normalized spacial score (nSPS) is 14.6. The van der Waals surface area contributed by atoms with Crippen LogP contribution in [0.15, 0.2) is 0 Å². The summed E-state index contributed by atoms with van der Waals surface area (Å²) >= 11 is 0. The lowest BCUT2D eigenvalue weighted by Crippen LogP contribution is -2.47. The van der Waals surface area contributed by atoms with E-state index in [2.05, 4.69) is 11.2 Å². The monoisotopic (exact) mass is 198 g/mol. The average molecular weight is 198 g/mol. The SMILES string of the molecule is C#CCC(=O)NCC(C)(O)CN(C)C. The average Bonchev–Trinajstić information content (AvgIpc) is 1.99. The lowest BCUT2D eigenvalue weighted by Gasteiger charge is -2.26. The molecule has 0 heterocycles. The Bertz CT molecular complexity index is 229. The third kappa shape index (κ3) is 6.46. The lowest BCUT2D eigenvalue weighted by molar-refractivity contribution is -0.121. The van der Waals surface area contributed by atoms with E-state index in [0.29, 0.717) is 6.54 Å². The van der Waals surface area contributed by atoms with E-state index < -0.39 is 5.60 Å². The highest BCUT2D eigenvalue weighted by atomic mass is 16.3.